The highest BCUT2D eigenvalue weighted by molar-refractivity contribution is 6.06. The molecule has 0 radical (unpaired) electrons. The van der Waals surface area contributed by atoms with E-state index in [9.17, 15) is 8.78 Å². The first-order chi connectivity index (χ1) is 13.2. The maximum Gasteiger partial charge on any atom is 0.131 e. The fourth-order valence-corrected chi connectivity index (χ4v) is 3.19. The van der Waals surface area contributed by atoms with Gasteiger partial charge in [0.1, 0.15) is 23.2 Å². The molecule has 2 aromatic carbocycles. The Labute approximate surface area is 154 Å². The molecule has 1 heterocycles. The van der Waals surface area contributed by atoms with Crippen LogP contribution in [0.1, 0.15) is 12.0 Å². The van der Waals surface area contributed by atoms with Crippen molar-refractivity contribution < 1.29 is 18.6 Å². The summed E-state index contributed by atoms with van der Waals surface area (Å²) < 4.78 is 33.4. The van der Waals surface area contributed by atoms with Gasteiger partial charge in [-0.15, -0.1) is 0 Å². The van der Waals surface area contributed by atoms with Crippen molar-refractivity contribution in [3.63, 3.8) is 0 Å². The summed E-state index contributed by atoms with van der Waals surface area (Å²) in [6.45, 7) is 0.523. The first kappa shape index (κ1) is 17.4. The molecule has 1 aliphatic carbocycles. The van der Waals surface area contributed by atoms with E-state index in [1.165, 1.54) is 18.2 Å². The first-order valence-corrected chi connectivity index (χ1v) is 8.71. The number of fused-ring (bicyclic) bond motifs is 3. The number of ether oxygens (including phenoxy) is 1. The molecule has 5 nitrogen and oxygen atoms in total. The van der Waals surface area contributed by atoms with E-state index in [4.69, 9.17) is 9.84 Å². The van der Waals surface area contributed by atoms with E-state index in [2.05, 4.69) is 15.5 Å². The third kappa shape index (κ3) is 3.21. The smallest absolute Gasteiger partial charge is 0.131 e. The van der Waals surface area contributed by atoms with Gasteiger partial charge in [0.2, 0.25) is 0 Å². The molecule has 2 aromatic rings. The van der Waals surface area contributed by atoms with Gasteiger partial charge in [-0.1, -0.05) is 18.2 Å². The summed E-state index contributed by atoms with van der Waals surface area (Å²) in [5, 5.41) is 20.0. The SMILES string of the molecule is OCCCOc1cccc2c3[nH][nH]c(NCc4c(F)cccc4F)c-3cc12. The highest BCUT2D eigenvalue weighted by Gasteiger charge is 2.19. The van der Waals surface area contributed by atoms with Crippen LogP contribution in [0.15, 0.2) is 42.5 Å². The molecule has 0 aromatic heterocycles. The van der Waals surface area contributed by atoms with Crippen molar-refractivity contribution in [3.05, 3.63) is 59.7 Å². The van der Waals surface area contributed by atoms with Gasteiger partial charge in [0.15, 0.2) is 0 Å². The Hall–Kier alpha value is -3.06. The molecule has 140 valence electrons. The van der Waals surface area contributed by atoms with Gasteiger partial charge in [-0.05, 0) is 24.3 Å². The number of aromatic nitrogens is 2. The number of rotatable bonds is 7. The number of hydrogen-bond donors (Lipinski definition) is 4. The zero-order chi connectivity index (χ0) is 18.8. The molecule has 27 heavy (non-hydrogen) atoms. The van der Waals surface area contributed by atoms with Crippen molar-refractivity contribution in [1.29, 1.82) is 0 Å². The van der Waals surface area contributed by atoms with Crippen LogP contribution in [0.5, 0.6) is 5.75 Å². The van der Waals surface area contributed by atoms with Crippen LogP contribution in [0.3, 0.4) is 0 Å². The minimum absolute atomic E-state index is 0.00983. The Morgan fingerprint density at radius 2 is 1.78 bits per heavy atom. The molecule has 4 rings (SSSR count). The van der Waals surface area contributed by atoms with Crippen LogP contribution in [0.25, 0.3) is 22.0 Å². The van der Waals surface area contributed by atoms with E-state index in [1.807, 2.05) is 24.3 Å². The van der Waals surface area contributed by atoms with Crippen molar-refractivity contribution in [2.75, 3.05) is 18.5 Å². The Morgan fingerprint density at radius 3 is 2.56 bits per heavy atom. The number of aliphatic hydroxyl groups is 1. The Kier molecular flexibility index (Phi) is 4.68. The molecular weight excluding hydrogens is 352 g/mol. The normalized spacial score (nSPS) is 11.4. The van der Waals surface area contributed by atoms with Crippen LogP contribution in [0.4, 0.5) is 14.6 Å². The van der Waals surface area contributed by atoms with Crippen molar-refractivity contribution in [2.24, 2.45) is 0 Å². The van der Waals surface area contributed by atoms with Crippen molar-refractivity contribution in [3.8, 4) is 17.0 Å². The van der Waals surface area contributed by atoms with Crippen LogP contribution < -0.4 is 10.1 Å². The molecule has 7 heteroatoms. The maximum atomic E-state index is 13.8. The minimum atomic E-state index is -0.582. The lowest BCUT2D eigenvalue weighted by molar-refractivity contribution is 0.235. The average molecular weight is 371 g/mol. The molecule has 2 aliphatic rings. The Bertz CT molecular complexity index is 1020. The van der Waals surface area contributed by atoms with E-state index in [-0.39, 0.29) is 18.7 Å². The van der Waals surface area contributed by atoms with Gasteiger partial charge < -0.3 is 15.2 Å². The van der Waals surface area contributed by atoms with Gasteiger partial charge in [-0.2, -0.15) is 0 Å². The lowest BCUT2D eigenvalue weighted by Crippen LogP contribution is -2.05. The summed E-state index contributed by atoms with van der Waals surface area (Å²) in [5.41, 5.74) is 1.75. The molecule has 1 aliphatic heterocycles. The third-order valence-electron chi connectivity index (χ3n) is 4.54. The second-order valence-electron chi connectivity index (χ2n) is 6.25. The second-order valence-corrected chi connectivity index (χ2v) is 6.25. The van der Waals surface area contributed by atoms with Crippen molar-refractivity contribution in [1.82, 2.24) is 10.2 Å². The number of hydrogen-bond acceptors (Lipinski definition) is 3. The fourth-order valence-electron chi connectivity index (χ4n) is 3.19. The van der Waals surface area contributed by atoms with Gasteiger partial charge in [0, 0.05) is 41.5 Å². The predicted octanol–water partition coefficient (Wildman–Crippen LogP) is 4.25. The van der Waals surface area contributed by atoms with Crippen LogP contribution in [-0.2, 0) is 6.54 Å². The molecule has 0 saturated carbocycles. The molecule has 0 atom stereocenters. The minimum Gasteiger partial charge on any atom is -0.493 e. The van der Waals surface area contributed by atoms with Gasteiger partial charge in [-0.25, -0.2) is 8.78 Å². The molecular formula is C20H19F2N3O2. The number of nitrogens with one attached hydrogen (secondary N) is 3. The number of halogens is 2. The largest absolute Gasteiger partial charge is 0.493 e. The summed E-state index contributed by atoms with van der Waals surface area (Å²) >= 11 is 0. The van der Waals surface area contributed by atoms with E-state index in [0.717, 1.165) is 27.8 Å². The lowest BCUT2D eigenvalue weighted by Gasteiger charge is -2.07. The van der Waals surface area contributed by atoms with Crippen LogP contribution in [-0.4, -0.2) is 28.5 Å². The topological polar surface area (TPSA) is 73.1 Å². The zero-order valence-corrected chi connectivity index (χ0v) is 14.5. The predicted molar refractivity (Wildman–Crippen MR) is 100 cm³/mol. The molecule has 0 bridgehead atoms. The highest BCUT2D eigenvalue weighted by Crippen LogP contribution is 2.41. The summed E-state index contributed by atoms with van der Waals surface area (Å²) in [5.74, 6) is 0.213. The van der Waals surface area contributed by atoms with E-state index in [1.54, 1.807) is 0 Å². The Balaban J connectivity index is 1.62. The quantitative estimate of drug-likeness (QED) is 0.367. The van der Waals surface area contributed by atoms with E-state index >= 15 is 0 Å². The van der Waals surface area contributed by atoms with Gasteiger partial charge >= 0.3 is 0 Å². The molecule has 4 N–H and O–H groups in total. The van der Waals surface area contributed by atoms with Gasteiger partial charge in [0.05, 0.1) is 12.3 Å². The van der Waals surface area contributed by atoms with Gasteiger partial charge in [-0.3, -0.25) is 10.2 Å². The Morgan fingerprint density at radius 1 is 1.00 bits per heavy atom. The lowest BCUT2D eigenvalue weighted by atomic mass is 10.2. The summed E-state index contributed by atoms with van der Waals surface area (Å²) in [7, 11) is 0. The van der Waals surface area contributed by atoms with E-state index < -0.39 is 11.6 Å². The standard InChI is InChI=1S/C20H19F2N3O2/c21-16-5-2-6-17(22)15(16)11-23-20-14-10-13-12(19(14)24-25-20)4-1-7-18(13)27-9-3-8-26/h1-2,4-7,10,23-26H,3,8-9,11H2. The van der Waals surface area contributed by atoms with Crippen molar-refractivity contribution in [2.45, 2.75) is 13.0 Å². The number of H-pyrrole nitrogens is 2. The molecule has 0 spiro atoms. The number of anilines is 1. The zero-order valence-electron chi connectivity index (χ0n) is 14.5. The second kappa shape index (κ2) is 7.28. The molecule has 0 unspecified atom stereocenters. The first-order valence-electron chi connectivity index (χ1n) is 8.71. The fraction of sp³-hybridized carbons (Fsp3) is 0.200. The van der Waals surface area contributed by atoms with E-state index in [0.29, 0.717) is 18.8 Å². The highest BCUT2D eigenvalue weighted by atomic mass is 19.1. The number of aliphatic hydroxyl groups excluding tert-OH is 1. The number of aromatic amines is 2. The third-order valence-corrected chi connectivity index (χ3v) is 4.54. The van der Waals surface area contributed by atoms with Crippen LogP contribution >= 0.6 is 0 Å². The molecule has 0 amide bonds. The summed E-state index contributed by atoms with van der Waals surface area (Å²) in [4.78, 5) is 0. The maximum absolute atomic E-state index is 13.8. The van der Waals surface area contributed by atoms with Crippen molar-refractivity contribution >= 4 is 16.6 Å². The molecule has 0 saturated heterocycles. The van der Waals surface area contributed by atoms with Gasteiger partial charge in [0.25, 0.3) is 0 Å². The monoisotopic (exact) mass is 371 g/mol. The average Bonchev–Trinajstić information content (AvgIpc) is 3.22. The van der Waals surface area contributed by atoms with Crippen LogP contribution in [0.2, 0.25) is 0 Å². The van der Waals surface area contributed by atoms with Crippen LogP contribution in [0, 0.1) is 11.6 Å². The summed E-state index contributed by atoms with van der Waals surface area (Å²) in [6, 6.07) is 11.5. The number of benzene rings is 2. The molecule has 0 fully saturated rings. The summed E-state index contributed by atoms with van der Waals surface area (Å²) in [6.07, 6.45) is 0.559.